The van der Waals surface area contributed by atoms with E-state index in [2.05, 4.69) is 5.32 Å². The summed E-state index contributed by atoms with van der Waals surface area (Å²) in [4.78, 5) is 11.5. The Morgan fingerprint density at radius 3 is 2.86 bits per heavy atom. The number of nitrogens with two attached hydrogens (primary N) is 1. The quantitative estimate of drug-likeness (QED) is 0.672. The molecule has 0 spiro atoms. The lowest BCUT2D eigenvalue weighted by molar-refractivity contribution is -0.130. The van der Waals surface area contributed by atoms with Gasteiger partial charge in [0, 0.05) is 19.2 Å². The Hall–Kier alpha value is -0.610. The molecule has 4 heteroatoms. The SMILES string of the molecule is NC1CC(CNC(=O)C2CCCO2)C1. The van der Waals surface area contributed by atoms with Gasteiger partial charge in [0.05, 0.1) is 0 Å². The average Bonchev–Trinajstić information content (AvgIpc) is 2.62. The average molecular weight is 198 g/mol. The van der Waals surface area contributed by atoms with Crippen LogP contribution >= 0.6 is 0 Å². The zero-order chi connectivity index (χ0) is 9.97. The summed E-state index contributed by atoms with van der Waals surface area (Å²) in [5.74, 6) is 0.651. The van der Waals surface area contributed by atoms with Gasteiger partial charge in [0.25, 0.3) is 0 Å². The van der Waals surface area contributed by atoms with Crippen LogP contribution in [0.1, 0.15) is 25.7 Å². The first kappa shape index (κ1) is 9.93. The highest BCUT2D eigenvalue weighted by Gasteiger charge is 2.28. The normalized spacial score (nSPS) is 36.5. The van der Waals surface area contributed by atoms with Crippen molar-refractivity contribution < 1.29 is 9.53 Å². The smallest absolute Gasteiger partial charge is 0.249 e. The van der Waals surface area contributed by atoms with E-state index < -0.39 is 0 Å². The van der Waals surface area contributed by atoms with Crippen LogP contribution in [0.5, 0.6) is 0 Å². The lowest BCUT2D eigenvalue weighted by Gasteiger charge is -2.32. The molecule has 0 bridgehead atoms. The highest BCUT2D eigenvalue weighted by atomic mass is 16.5. The molecular formula is C10H18N2O2. The van der Waals surface area contributed by atoms with E-state index in [4.69, 9.17) is 10.5 Å². The van der Waals surface area contributed by atoms with E-state index in [0.717, 1.165) is 38.8 Å². The summed E-state index contributed by atoms with van der Waals surface area (Å²) in [6, 6.07) is 0.361. The van der Waals surface area contributed by atoms with Crippen molar-refractivity contribution in [2.75, 3.05) is 13.2 Å². The van der Waals surface area contributed by atoms with Crippen molar-refractivity contribution in [3.63, 3.8) is 0 Å². The van der Waals surface area contributed by atoms with Crippen LogP contribution in [0.15, 0.2) is 0 Å². The number of carbonyl (C=O) groups is 1. The molecule has 2 rings (SSSR count). The standard InChI is InChI=1S/C10H18N2O2/c11-8-4-7(5-8)6-12-10(13)9-2-1-3-14-9/h7-9H,1-6,11H2,(H,12,13). The van der Waals surface area contributed by atoms with E-state index in [-0.39, 0.29) is 12.0 Å². The molecule has 3 N–H and O–H groups in total. The van der Waals surface area contributed by atoms with Crippen molar-refractivity contribution in [2.24, 2.45) is 11.7 Å². The Balaban J connectivity index is 1.62. The van der Waals surface area contributed by atoms with Gasteiger partial charge in [-0.25, -0.2) is 0 Å². The molecule has 2 fully saturated rings. The van der Waals surface area contributed by atoms with Crippen LogP contribution in [0.3, 0.4) is 0 Å². The maximum atomic E-state index is 11.5. The van der Waals surface area contributed by atoms with Gasteiger partial charge in [-0.1, -0.05) is 0 Å². The molecule has 14 heavy (non-hydrogen) atoms. The van der Waals surface area contributed by atoms with Crippen LogP contribution in [-0.2, 0) is 9.53 Å². The fourth-order valence-corrected chi connectivity index (χ4v) is 2.10. The van der Waals surface area contributed by atoms with Gasteiger partial charge in [-0.2, -0.15) is 0 Å². The zero-order valence-electron chi connectivity index (χ0n) is 8.37. The fourth-order valence-electron chi connectivity index (χ4n) is 2.10. The van der Waals surface area contributed by atoms with E-state index in [1.165, 1.54) is 0 Å². The number of rotatable bonds is 3. The van der Waals surface area contributed by atoms with E-state index in [9.17, 15) is 4.79 Å². The first-order valence-corrected chi connectivity index (χ1v) is 5.40. The third-order valence-corrected chi connectivity index (χ3v) is 3.06. The Morgan fingerprint density at radius 2 is 2.29 bits per heavy atom. The van der Waals surface area contributed by atoms with Gasteiger partial charge in [0.1, 0.15) is 6.10 Å². The molecule has 1 saturated carbocycles. The summed E-state index contributed by atoms with van der Waals surface area (Å²) >= 11 is 0. The van der Waals surface area contributed by atoms with E-state index in [0.29, 0.717) is 12.0 Å². The predicted molar refractivity (Wildman–Crippen MR) is 52.7 cm³/mol. The molecule has 4 nitrogen and oxygen atoms in total. The summed E-state index contributed by atoms with van der Waals surface area (Å²) in [5.41, 5.74) is 5.66. The lowest BCUT2D eigenvalue weighted by atomic mass is 9.81. The largest absolute Gasteiger partial charge is 0.368 e. The van der Waals surface area contributed by atoms with Crippen molar-refractivity contribution in [3.8, 4) is 0 Å². The first-order valence-electron chi connectivity index (χ1n) is 5.40. The Kier molecular flexibility index (Phi) is 3.03. The molecule has 1 saturated heterocycles. The molecule has 1 atom stereocenters. The maximum Gasteiger partial charge on any atom is 0.249 e. The first-order chi connectivity index (χ1) is 6.75. The molecule has 80 valence electrons. The van der Waals surface area contributed by atoms with Crippen LogP contribution in [0.25, 0.3) is 0 Å². The van der Waals surface area contributed by atoms with Crippen LogP contribution in [-0.4, -0.2) is 31.2 Å². The van der Waals surface area contributed by atoms with Crippen molar-refractivity contribution in [1.82, 2.24) is 5.32 Å². The van der Waals surface area contributed by atoms with Gasteiger partial charge in [-0.15, -0.1) is 0 Å². The molecule has 2 aliphatic rings. The van der Waals surface area contributed by atoms with Gasteiger partial charge >= 0.3 is 0 Å². The molecule has 0 aromatic carbocycles. The lowest BCUT2D eigenvalue weighted by Crippen LogP contribution is -2.44. The Morgan fingerprint density at radius 1 is 1.50 bits per heavy atom. The molecule has 0 radical (unpaired) electrons. The van der Waals surface area contributed by atoms with Crippen LogP contribution in [0.4, 0.5) is 0 Å². The topological polar surface area (TPSA) is 64.3 Å². The second-order valence-corrected chi connectivity index (χ2v) is 4.34. The summed E-state index contributed by atoms with van der Waals surface area (Å²) in [6.45, 7) is 1.50. The van der Waals surface area contributed by atoms with E-state index in [1.54, 1.807) is 0 Å². The van der Waals surface area contributed by atoms with E-state index >= 15 is 0 Å². The third-order valence-electron chi connectivity index (χ3n) is 3.06. The summed E-state index contributed by atoms with van der Waals surface area (Å²) < 4.78 is 5.28. The highest BCUT2D eigenvalue weighted by molar-refractivity contribution is 5.80. The van der Waals surface area contributed by atoms with E-state index in [1.807, 2.05) is 0 Å². The van der Waals surface area contributed by atoms with Crippen LogP contribution in [0, 0.1) is 5.92 Å². The molecule has 1 unspecified atom stereocenters. The van der Waals surface area contributed by atoms with Gasteiger partial charge in [0.2, 0.25) is 5.91 Å². The number of hydrogen-bond acceptors (Lipinski definition) is 3. The number of amides is 1. The molecule has 1 heterocycles. The van der Waals surface area contributed by atoms with Gasteiger partial charge < -0.3 is 15.8 Å². The van der Waals surface area contributed by atoms with Crippen molar-refractivity contribution in [1.29, 1.82) is 0 Å². The Labute approximate surface area is 84.2 Å². The number of carbonyl (C=O) groups excluding carboxylic acids is 1. The Bertz CT molecular complexity index is 208. The maximum absolute atomic E-state index is 11.5. The second-order valence-electron chi connectivity index (χ2n) is 4.34. The predicted octanol–water partition coefficient (Wildman–Crippen LogP) is 0.0189. The molecule has 0 aromatic heterocycles. The molecule has 1 aliphatic heterocycles. The summed E-state index contributed by atoms with van der Waals surface area (Å²) in [7, 11) is 0. The minimum atomic E-state index is -0.191. The minimum absolute atomic E-state index is 0.0583. The molecule has 1 aliphatic carbocycles. The number of hydrogen-bond donors (Lipinski definition) is 2. The van der Waals surface area contributed by atoms with Crippen LogP contribution in [0.2, 0.25) is 0 Å². The minimum Gasteiger partial charge on any atom is -0.368 e. The third kappa shape index (κ3) is 2.25. The molecular weight excluding hydrogens is 180 g/mol. The van der Waals surface area contributed by atoms with Gasteiger partial charge in [0.15, 0.2) is 0 Å². The zero-order valence-corrected chi connectivity index (χ0v) is 8.37. The summed E-state index contributed by atoms with van der Waals surface area (Å²) in [6.07, 6.45) is 3.78. The van der Waals surface area contributed by atoms with Gasteiger partial charge in [-0.05, 0) is 31.6 Å². The highest BCUT2D eigenvalue weighted by Crippen LogP contribution is 2.24. The van der Waals surface area contributed by atoms with Crippen molar-refractivity contribution in [2.45, 2.75) is 37.8 Å². The molecule has 0 aromatic rings. The van der Waals surface area contributed by atoms with Crippen molar-refractivity contribution >= 4 is 5.91 Å². The molecule has 1 amide bonds. The monoisotopic (exact) mass is 198 g/mol. The van der Waals surface area contributed by atoms with Crippen molar-refractivity contribution in [3.05, 3.63) is 0 Å². The van der Waals surface area contributed by atoms with Crippen LogP contribution < -0.4 is 11.1 Å². The number of ether oxygens (including phenoxy) is 1. The second kappa shape index (κ2) is 4.28. The fraction of sp³-hybridized carbons (Fsp3) is 0.900. The van der Waals surface area contributed by atoms with Gasteiger partial charge in [-0.3, -0.25) is 4.79 Å². The summed E-state index contributed by atoms with van der Waals surface area (Å²) in [5, 5.41) is 2.93. The number of nitrogens with one attached hydrogen (secondary N) is 1.